The lowest BCUT2D eigenvalue weighted by molar-refractivity contribution is -0.126. The standard InChI is InChI=1S/C20H26O3/c1-22-13-9-10-17(18(12-13)23-2)20-11-5-8-16(20)14-6-3-4-7-15(14)19(20)21/h9-10,12,14-16H,3-8,11H2,1-2H3/t14-,15+,16+,20+/m1/s1. The zero-order valence-corrected chi connectivity index (χ0v) is 14.1. The van der Waals surface area contributed by atoms with E-state index in [4.69, 9.17) is 9.47 Å². The van der Waals surface area contributed by atoms with Gasteiger partial charge < -0.3 is 9.47 Å². The quantitative estimate of drug-likeness (QED) is 0.841. The molecule has 1 aromatic rings. The van der Waals surface area contributed by atoms with Crippen LogP contribution in [0.3, 0.4) is 0 Å². The van der Waals surface area contributed by atoms with Crippen molar-refractivity contribution in [2.45, 2.75) is 50.4 Å². The molecule has 124 valence electrons. The molecule has 0 heterocycles. The Morgan fingerprint density at radius 2 is 1.87 bits per heavy atom. The number of carbonyl (C=O) groups excluding carboxylic acids is 1. The van der Waals surface area contributed by atoms with Crippen LogP contribution >= 0.6 is 0 Å². The van der Waals surface area contributed by atoms with Crippen molar-refractivity contribution in [2.75, 3.05) is 14.2 Å². The van der Waals surface area contributed by atoms with Gasteiger partial charge in [0, 0.05) is 17.5 Å². The first-order valence-electron chi connectivity index (χ1n) is 8.99. The fraction of sp³-hybridized carbons (Fsp3) is 0.650. The van der Waals surface area contributed by atoms with Gasteiger partial charge in [-0.15, -0.1) is 0 Å². The molecule has 0 spiro atoms. The first-order chi connectivity index (χ1) is 11.2. The van der Waals surface area contributed by atoms with Gasteiger partial charge in [-0.3, -0.25) is 4.79 Å². The van der Waals surface area contributed by atoms with Crippen molar-refractivity contribution in [2.24, 2.45) is 17.8 Å². The topological polar surface area (TPSA) is 35.5 Å². The molecule has 0 saturated heterocycles. The zero-order valence-electron chi connectivity index (χ0n) is 14.1. The Morgan fingerprint density at radius 1 is 1.04 bits per heavy atom. The lowest BCUT2D eigenvalue weighted by Gasteiger charge is -2.32. The van der Waals surface area contributed by atoms with Gasteiger partial charge >= 0.3 is 0 Å². The number of ether oxygens (including phenoxy) is 2. The molecule has 0 amide bonds. The number of carbonyl (C=O) groups is 1. The normalized spacial score (nSPS) is 35.7. The summed E-state index contributed by atoms with van der Waals surface area (Å²) >= 11 is 0. The highest BCUT2D eigenvalue weighted by molar-refractivity contribution is 5.96. The van der Waals surface area contributed by atoms with Gasteiger partial charge in [0.2, 0.25) is 0 Å². The number of hydrogen-bond donors (Lipinski definition) is 0. The fourth-order valence-corrected chi connectivity index (χ4v) is 5.85. The third kappa shape index (κ3) is 1.98. The maximum absolute atomic E-state index is 13.5. The molecule has 3 aliphatic carbocycles. The fourth-order valence-electron chi connectivity index (χ4n) is 5.85. The monoisotopic (exact) mass is 314 g/mol. The van der Waals surface area contributed by atoms with E-state index in [1.54, 1.807) is 14.2 Å². The van der Waals surface area contributed by atoms with Crippen molar-refractivity contribution in [1.82, 2.24) is 0 Å². The Bertz CT molecular complexity index is 623. The largest absolute Gasteiger partial charge is 0.497 e. The highest BCUT2D eigenvalue weighted by Crippen LogP contribution is 2.62. The summed E-state index contributed by atoms with van der Waals surface area (Å²) in [7, 11) is 3.37. The lowest BCUT2D eigenvalue weighted by atomic mass is 9.71. The van der Waals surface area contributed by atoms with Crippen LogP contribution in [0.25, 0.3) is 0 Å². The lowest BCUT2D eigenvalue weighted by Crippen LogP contribution is -2.35. The highest BCUT2D eigenvalue weighted by Gasteiger charge is 2.62. The van der Waals surface area contributed by atoms with Gasteiger partial charge in [-0.05, 0) is 43.6 Å². The van der Waals surface area contributed by atoms with Crippen LogP contribution in [-0.2, 0) is 10.2 Å². The summed E-state index contributed by atoms with van der Waals surface area (Å²) in [6.45, 7) is 0. The van der Waals surface area contributed by atoms with Crippen molar-refractivity contribution in [3.05, 3.63) is 23.8 Å². The number of hydrogen-bond acceptors (Lipinski definition) is 3. The molecular formula is C20H26O3. The Labute approximate surface area is 138 Å². The second-order valence-corrected chi connectivity index (χ2v) is 7.46. The van der Waals surface area contributed by atoms with Crippen LogP contribution in [-0.4, -0.2) is 20.0 Å². The van der Waals surface area contributed by atoms with Crippen LogP contribution in [0.5, 0.6) is 11.5 Å². The van der Waals surface area contributed by atoms with Crippen molar-refractivity contribution in [3.63, 3.8) is 0 Å². The van der Waals surface area contributed by atoms with Crippen LogP contribution in [0.15, 0.2) is 18.2 Å². The molecule has 23 heavy (non-hydrogen) atoms. The summed E-state index contributed by atoms with van der Waals surface area (Å²) < 4.78 is 11.0. The van der Waals surface area contributed by atoms with Gasteiger partial charge in [0.05, 0.1) is 19.6 Å². The summed E-state index contributed by atoms with van der Waals surface area (Å²) in [5.74, 6) is 3.53. The Kier molecular flexibility index (Phi) is 3.62. The summed E-state index contributed by atoms with van der Waals surface area (Å²) in [4.78, 5) is 13.5. The average Bonchev–Trinajstić information content (AvgIpc) is 3.14. The van der Waals surface area contributed by atoms with Gasteiger partial charge in [0.15, 0.2) is 0 Å². The Morgan fingerprint density at radius 3 is 2.65 bits per heavy atom. The maximum atomic E-state index is 13.5. The molecule has 1 aromatic carbocycles. The van der Waals surface area contributed by atoms with E-state index in [1.807, 2.05) is 12.1 Å². The van der Waals surface area contributed by atoms with Gasteiger partial charge in [0.1, 0.15) is 17.3 Å². The molecule has 0 aromatic heterocycles. The molecular weight excluding hydrogens is 288 g/mol. The van der Waals surface area contributed by atoms with Crippen LogP contribution < -0.4 is 9.47 Å². The van der Waals surface area contributed by atoms with Crippen LogP contribution in [0.4, 0.5) is 0 Å². The van der Waals surface area contributed by atoms with Crippen molar-refractivity contribution in [1.29, 1.82) is 0 Å². The average molecular weight is 314 g/mol. The van der Waals surface area contributed by atoms with Gasteiger partial charge in [0.25, 0.3) is 0 Å². The van der Waals surface area contributed by atoms with Crippen molar-refractivity contribution < 1.29 is 14.3 Å². The van der Waals surface area contributed by atoms with Gasteiger partial charge in [-0.25, -0.2) is 0 Å². The molecule has 0 unspecified atom stereocenters. The molecule has 3 heteroatoms. The van der Waals surface area contributed by atoms with Gasteiger partial charge in [-0.2, -0.15) is 0 Å². The molecule has 3 saturated carbocycles. The van der Waals surface area contributed by atoms with E-state index in [0.29, 0.717) is 23.5 Å². The van der Waals surface area contributed by atoms with E-state index < -0.39 is 0 Å². The van der Waals surface area contributed by atoms with E-state index in [-0.39, 0.29) is 5.41 Å². The van der Waals surface area contributed by atoms with Crippen LogP contribution in [0.1, 0.15) is 50.5 Å². The summed E-state index contributed by atoms with van der Waals surface area (Å²) in [5, 5.41) is 0. The minimum absolute atomic E-state index is 0.292. The minimum Gasteiger partial charge on any atom is -0.497 e. The predicted molar refractivity (Wildman–Crippen MR) is 89.0 cm³/mol. The second kappa shape index (κ2) is 5.54. The van der Waals surface area contributed by atoms with Crippen LogP contribution in [0, 0.1) is 17.8 Å². The van der Waals surface area contributed by atoms with Crippen LogP contribution in [0.2, 0.25) is 0 Å². The number of methoxy groups -OCH3 is 2. The summed E-state index contributed by atoms with van der Waals surface area (Å²) in [5.41, 5.74) is 0.819. The second-order valence-electron chi connectivity index (χ2n) is 7.46. The number of benzene rings is 1. The molecule has 0 N–H and O–H groups in total. The number of Topliss-reactive ketones (excluding diaryl/α,β-unsaturated/α-hetero) is 1. The van der Waals surface area contributed by atoms with E-state index in [1.165, 1.54) is 25.7 Å². The molecule has 3 aliphatic rings. The highest BCUT2D eigenvalue weighted by atomic mass is 16.5. The summed E-state index contributed by atoms with van der Waals surface area (Å²) in [6.07, 6.45) is 8.20. The van der Waals surface area contributed by atoms with E-state index in [9.17, 15) is 4.79 Å². The Hall–Kier alpha value is -1.51. The molecule has 4 atom stereocenters. The number of ketones is 1. The van der Waals surface area contributed by atoms with E-state index >= 15 is 0 Å². The molecule has 0 bridgehead atoms. The molecule has 3 nitrogen and oxygen atoms in total. The first-order valence-corrected chi connectivity index (χ1v) is 8.99. The van der Waals surface area contributed by atoms with Gasteiger partial charge in [-0.1, -0.05) is 25.3 Å². The zero-order chi connectivity index (χ0) is 16.0. The third-order valence-corrected chi connectivity index (χ3v) is 6.72. The SMILES string of the molecule is COc1ccc([C@]23CCC[C@H]2[C@@H]2CCCC[C@@H]2C3=O)c(OC)c1. The molecule has 0 aliphatic heterocycles. The first kappa shape index (κ1) is 15.0. The summed E-state index contributed by atoms with van der Waals surface area (Å²) in [6, 6.07) is 6.01. The molecule has 0 radical (unpaired) electrons. The number of fused-ring (bicyclic) bond motifs is 3. The van der Waals surface area contributed by atoms with E-state index in [0.717, 1.165) is 36.3 Å². The third-order valence-electron chi connectivity index (χ3n) is 6.72. The Balaban J connectivity index is 1.84. The van der Waals surface area contributed by atoms with Crippen molar-refractivity contribution in [3.8, 4) is 11.5 Å². The van der Waals surface area contributed by atoms with E-state index in [2.05, 4.69) is 6.07 Å². The molecule has 3 fully saturated rings. The smallest absolute Gasteiger partial charge is 0.147 e. The maximum Gasteiger partial charge on any atom is 0.147 e. The van der Waals surface area contributed by atoms with Crippen molar-refractivity contribution >= 4 is 5.78 Å². The molecule has 4 rings (SSSR count). The predicted octanol–water partition coefficient (Wildman–Crippen LogP) is 4.13. The number of rotatable bonds is 3. The minimum atomic E-state index is -0.294.